The molecular weight excluding hydrogens is 276 g/mol. The maximum atomic E-state index is 6.26. The number of nitrogens with zero attached hydrogens (tertiary/aromatic N) is 1. The first kappa shape index (κ1) is 14.0. The minimum absolute atomic E-state index is 0.268. The lowest BCUT2D eigenvalue weighted by Gasteiger charge is -2.28. The van der Waals surface area contributed by atoms with Crippen molar-refractivity contribution in [1.82, 2.24) is 10.2 Å². The summed E-state index contributed by atoms with van der Waals surface area (Å²) in [5.74, 6) is 1.45. The fourth-order valence-electron chi connectivity index (χ4n) is 2.98. The summed E-state index contributed by atoms with van der Waals surface area (Å²) in [5, 5.41) is 4.09. The van der Waals surface area contributed by atoms with Gasteiger partial charge in [0, 0.05) is 19.1 Å². The molecule has 1 N–H and O–H groups in total. The highest BCUT2D eigenvalue weighted by Gasteiger charge is 2.23. The van der Waals surface area contributed by atoms with E-state index in [9.17, 15) is 0 Å². The zero-order chi connectivity index (χ0) is 13.9. The van der Waals surface area contributed by atoms with E-state index in [1.807, 2.05) is 6.07 Å². The van der Waals surface area contributed by atoms with E-state index in [4.69, 9.17) is 21.1 Å². The van der Waals surface area contributed by atoms with Crippen LogP contribution in [0.1, 0.15) is 25.3 Å². The maximum Gasteiger partial charge on any atom is 0.231 e. The van der Waals surface area contributed by atoms with Crippen LogP contribution >= 0.6 is 11.6 Å². The number of rotatable bonds is 5. The fourth-order valence-corrected chi connectivity index (χ4v) is 3.26. The molecule has 1 atom stereocenters. The molecule has 1 unspecified atom stereocenters. The summed E-state index contributed by atoms with van der Waals surface area (Å²) >= 11 is 6.26. The van der Waals surface area contributed by atoms with Gasteiger partial charge < -0.3 is 14.8 Å². The Balaban J connectivity index is 1.76. The topological polar surface area (TPSA) is 33.7 Å². The Bertz CT molecular complexity index is 475. The first-order chi connectivity index (χ1) is 9.78. The van der Waals surface area contributed by atoms with Gasteiger partial charge >= 0.3 is 0 Å². The molecule has 2 aliphatic rings. The lowest BCUT2D eigenvalue weighted by molar-refractivity contribution is 0.173. The van der Waals surface area contributed by atoms with Crippen LogP contribution in [0, 0.1) is 0 Å². The molecule has 3 rings (SSSR count). The first-order valence-corrected chi connectivity index (χ1v) is 7.68. The summed E-state index contributed by atoms with van der Waals surface area (Å²) in [6, 6.07) is 4.68. The number of hydrogen-bond donors (Lipinski definition) is 1. The molecule has 20 heavy (non-hydrogen) atoms. The highest BCUT2D eigenvalue weighted by molar-refractivity contribution is 6.32. The van der Waals surface area contributed by atoms with Crippen LogP contribution in [0.2, 0.25) is 5.02 Å². The van der Waals surface area contributed by atoms with Gasteiger partial charge in [0.1, 0.15) is 0 Å². The molecule has 110 valence electrons. The highest BCUT2D eigenvalue weighted by atomic mass is 35.5. The Hall–Kier alpha value is -0.970. The molecule has 0 amide bonds. The van der Waals surface area contributed by atoms with Crippen LogP contribution in [-0.4, -0.2) is 37.4 Å². The number of hydrogen-bond acceptors (Lipinski definition) is 4. The molecule has 0 aliphatic carbocycles. The molecule has 0 spiro atoms. The molecule has 2 heterocycles. The van der Waals surface area contributed by atoms with Crippen LogP contribution in [0.3, 0.4) is 0 Å². The lowest BCUT2D eigenvalue weighted by atomic mass is 10.1. The number of fused-ring (bicyclic) bond motifs is 1. The van der Waals surface area contributed by atoms with Crippen molar-refractivity contribution in [3.63, 3.8) is 0 Å². The normalized spacial score (nSPS) is 20.9. The van der Waals surface area contributed by atoms with Crippen molar-refractivity contribution in [1.29, 1.82) is 0 Å². The van der Waals surface area contributed by atoms with Crippen LogP contribution in [0.15, 0.2) is 12.1 Å². The smallest absolute Gasteiger partial charge is 0.231 e. The zero-order valence-corrected chi connectivity index (χ0v) is 12.6. The van der Waals surface area contributed by atoms with Gasteiger partial charge in [-0.05, 0) is 43.6 Å². The first-order valence-electron chi connectivity index (χ1n) is 7.30. The van der Waals surface area contributed by atoms with Crippen LogP contribution in [0.5, 0.6) is 11.5 Å². The third kappa shape index (κ3) is 2.87. The molecule has 1 fully saturated rings. The zero-order valence-electron chi connectivity index (χ0n) is 11.8. The van der Waals surface area contributed by atoms with Crippen molar-refractivity contribution in [2.75, 3.05) is 26.4 Å². The van der Waals surface area contributed by atoms with Crippen molar-refractivity contribution < 1.29 is 9.47 Å². The monoisotopic (exact) mass is 296 g/mol. The minimum Gasteiger partial charge on any atom is -0.454 e. The molecule has 4 nitrogen and oxygen atoms in total. The highest BCUT2D eigenvalue weighted by Crippen LogP contribution is 2.40. The molecular formula is C15H21ClN2O2. The van der Waals surface area contributed by atoms with Crippen LogP contribution in [0.4, 0.5) is 0 Å². The van der Waals surface area contributed by atoms with Gasteiger partial charge in [0.25, 0.3) is 0 Å². The molecule has 2 aliphatic heterocycles. The predicted octanol–water partition coefficient (Wildman–Crippen LogP) is 2.64. The maximum absolute atomic E-state index is 6.26. The lowest BCUT2D eigenvalue weighted by Crippen LogP contribution is -2.36. The van der Waals surface area contributed by atoms with Gasteiger partial charge in [-0.2, -0.15) is 0 Å². The molecule has 0 aromatic heterocycles. The molecule has 0 radical (unpaired) electrons. The predicted molar refractivity (Wildman–Crippen MR) is 79.6 cm³/mol. The van der Waals surface area contributed by atoms with Crippen molar-refractivity contribution in [3.05, 3.63) is 22.7 Å². The summed E-state index contributed by atoms with van der Waals surface area (Å²) in [6.07, 6.45) is 2.38. The molecule has 0 bridgehead atoms. The second kappa shape index (κ2) is 6.20. The Morgan fingerprint density at radius 1 is 1.40 bits per heavy atom. The van der Waals surface area contributed by atoms with E-state index < -0.39 is 0 Å². The van der Waals surface area contributed by atoms with Gasteiger partial charge in [-0.1, -0.05) is 18.5 Å². The van der Waals surface area contributed by atoms with E-state index in [1.165, 1.54) is 12.0 Å². The summed E-state index contributed by atoms with van der Waals surface area (Å²) in [7, 11) is 0. The van der Waals surface area contributed by atoms with E-state index in [1.54, 1.807) is 0 Å². The summed E-state index contributed by atoms with van der Waals surface area (Å²) < 4.78 is 10.8. The number of benzene rings is 1. The second-order valence-corrected chi connectivity index (χ2v) is 5.84. The molecule has 1 aromatic rings. The SMILES string of the molecule is CCCN(Cc1cc(Cl)c2c(c1)OCO2)C1CCNC1. The van der Waals surface area contributed by atoms with Crippen molar-refractivity contribution in [2.24, 2.45) is 0 Å². The Morgan fingerprint density at radius 2 is 2.30 bits per heavy atom. The summed E-state index contributed by atoms with van der Waals surface area (Å²) in [6.45, 7) is 6.71. The van der Waals surface area contributed by atoms with E-state index in [0.717, 1.165) is 38.3 Å². The summed E-state index contributed by atoms with van der Waals surface area (Å²) in [4.78, 5) is 2.54. The Kier molecular flexibility index (Phi) is 4.34. The minimum atomic E-state index is 0.268. The average molecular weight is 297 g/mol. The van der Waals surface area contributed by atoms with Gasteiger partial charge in [0.2, 0.25) is 6.79 Å². The standard InChI is InChI=1S/C15H21ClN2O2/c1-2-5-18(12-3-4-17-8-12)9-11-6-13(16)15-14(7-11)19-10-20-15/h6-7,12,17H,2-5,8-10H2,1H3. The molecule has 5 heteroatoms. The van der Waals surface area contributed by atoms with Gasteiger partial charge in [0.05, 0.1) is 5.02 Å². The van der Waals surface area contributed by atoms with Gasteiger partial charge in [-0.15, -0.1) is 0 Å². The van der Waals surface area contributed by atoms with Crippen molar-refractivity contribution in [3.8, 4) is 11.5 Å². The Labute approximate surface area is 125 Å². The molecule has 1 saturated heterocycles. The van der Waals surface area contributed by atoms with Gasteiger partial charge in [-0.3, -0.25) is 4.90 Å². The third-order valence-corrected chi connectivity index (χ3v) is 4.21. The average Bonchev–Trinajstić information content (AvgIpc) is 3.09. The number of nitrogens with one attached hydrogen (secondary N) is 1. The second-order valence-electron chi connectivity index (χ2n) is 5.43. The van der Waals surface area contributed by atoms with E-state index in [-0.39, 0.29) is 6.79 Å². The Morgan fingerprint density at radius 3 is 3.05 bits per heavy atom. The van der Waals surface area contributed by atoms with Crippen LogP contribution in [-0.2, 0) is 6.54 Å². The van der Waals surface area contributed by atoms with Crippen molar-refractivity contribution >= 4 is 11.6 Å². The van der Waals surface area contributed by atoms with Crippen molar-refractivity contribution in [2.45, 2.75) is 32.4 Å². The molecule has 0 saturated carbocycles. The van der Waals surface area contributed by atoms with Crippen LogP contribution < -0.4 is 14.8 Å². The van der Waals surface area contributed by atoms with Gasteiger partial charge in [0.15, 0.2) is 11.5 Å². The number of ether oxygens (including phenoxy) is 2. The third-order valence-electron chi connectivity index (χ3n) is 3.93. The molecule has 1 aromatic carbocycles. The van der Waals surface area contributed by atoms with Crippen LogP contribution in [0.25, 0.3) is 0 Å². The van der Waals surface area contributed by atoms with E-state index in [0.29, 0.717) is 16.8 Å². The van der Waals surface area contributed by atoms with E-state index in [2.05, 4.69) is 23.2 Å². The largest absolute Gasteiger partial charge is 0.454 e. The van der Waals surface area contributed by atoms with E-state index >= 15 is 0 Å². The van der Waals surface area contributed by atoms with Gasteiger partial charge in [-0.25, -0.2) is 0 Å². The summed E-state index contributed by atoms with van der Waals surface area (Å²) in [5.41, 5.74) is 1.19. The fraction of sp³-hybridized carbons (Fsp3) is 0.600. The number of halogens is 1. The quantitative estimate of drug-likeness (QED) is 0.906.